The monoisotopic (exact) mass is 265 g/mol. The van der Waals surface area contributed by atoms with Crippen LogP contribution in [-0.4, -0.2) is 16.5 Å². The molecule has 0 saturated heterocycles. The first kappa shape index (κ1) is 12.9. The maximum atomic E-state index is 13.9. The van der Waals surface area contributed by atoms with E-state index in [2.05, 4.69) is 15.3 Å². The smallest absolute Gasteiger partial charge is 0.129 e. The average Bonchev–Trinajstić information content (AvgIpc) is 2.38. The molecule has 94 valence electrons. The lowest BCUT2D eigenvalue weighted by atomic mass is 10.0. The van der Waals surface area contributed by atoms with Crippen LogP contribution in [0, 0.1) is 5.82 Å². The third kappa shape index (κ3) is 2.83. The van der Waals surface area contributed by atoms with E-state index in [0.29, 0.717) is 17.1 Å². The van der Waals surface area contributed by atoms with Crippen LogP contribution < -0.4 is 5.32 Å². The Morgan fingerprint density at radius 3 is 2.67 bits per heavy atom. The number of nitrogens with one attached hydrogen (secondary N) is 1. The molecule has 1 N–H and O–H groups in total. The van der Waals surface area contributed by atoms with Crippen molar-refractivity contribution in [1.82, 2.24) is 15.3 Å². The predicted molar refractivity (Wildman–Crippen MR) is 69.0 cm³/mol. The van der Waals surface area contributed by atoms with Gasteiger partial charge in [0.05, 0.1) is 6.04 Å². The summed E-state index contributed by atoms with van der Waals surface area (Å²) in [6, 6.07) is 4.39. The Labute approximate surface area is 110 Å². The van der Waals surface area contributed by atoms with Gasteiger partial charge in [-0.25, -0.2) is 14.4 Å². The van der Waals surface area contributed by atoms with E-state index in [-0.39, 0.29) is 11.9 Å². The largest absolute Gasteiger partial charge is 0.306 e. The first-order chi connectivity index (χ1) is 8.72. The molecule has 3 nitrogen and oxygen atoms in total. The van der Waals surface area contributed by atoms with Crippen molar-refractivity contribution in [2.75, 3.05) is 6.54 Å². The molecular formula is C13H13ClFN3. The van der Waals surface area contributed by atoms with Gasteiger partial charge in [0.25, 0.3) is 0 Å². The second-order valence-electron chi connectivity index (χ2n) is 3.83. The molecule has 0 aliphatic carbocycles. The van der Waals surface area contributed by atoms with Gasteiger partial charge >= 0.3 is 0 Å². The molecule has 1 atom stereocenters. The van der Waals surface area contributed by atoms with E-state index in [1.807, 2.05) is 6.92 Å². The first-order valence-electron chi connectivity index (χ1n) is 5.65. The number of halogens is 2. The maximum Gasteiger partial charge on any atom is 0.129 e. The Kier molecular flexibility index (Phi) is 4.23. The Morgan fingerprint density at radius 2 is 2.06 bits per heavy atom. The van der Waals surface area contributed by atoms with Crippen LogP contribution in [0.2, 0.25) is 5.02 Å². The number of nitrogens with zero attached hydrogens (tertiary/aromatic N) is 2. The summed E-state index contributed by atoms with van der Waals surface area (Å²) in [4.78, 5) is 7.92. The molecule has 0 radical (unpaired) electrons. The van der Waals surface area contributed by atoms with Crippen LogP contribution in [0.5, 0.6) is 0 Å². The van der Waals surface area contributed by atoms with Gasteiger partial charge in [0.15, 0.2) is 0 Å². The summed E-state index contributed by atoms with van der Waals surface area (Å²) in [5.74, 6) is -0.336. The summed E-state index contributed by atoms with van der Waals surface area (Å²) in [7, 11) is 0. The van der Waals surface area contributed by atoms with Gasteiger partial charge in [0.1, 0.15) is 12.1 Å². The Bertz CT molecular complexity index is 519. The highest BCUT2D eigenvalue weighted by atomic mass is 35.5. The lowest BCUT2D eigenvalue weighted by molar-refractivity contribution is 0.557. The molecule has 0 spiro atoms. The van der Waals surface area contributed by atoms with Crippen molar-refractivity contribution < 1.29 is 4.39 Å². The van der Waals surface area contributed by atoms with Crippen molar-refractivity contribution in [3.05, 3.63) is 58.9 Å². The van der Waals surface area contributed by atoms with Gasteiger partial charge in [0, 0.05) is 28.5 Å². The molecule has 2 rings (SSSR count). The molecule has 18 heavy (non-hydrogen) atoms. The van der Waals surface area contributed by atoms with Gasteiger partial charge in [-0.2, -0.15) is 0 Å². The van der Waals surface area contributed by atoms with Gasteiger partial charge < -0.3 is 5.32 Å². The lowest BCUT2D eigenvalue weighted by Gasteiger charge is -2.18. The van der Waals surface area contributed by atoms with Crippen LogP contribution in [0.1, 0.15) is 24.1 Å². The topological polar surface area (TPSA) is 37.8 Å². The molecule has 0 saturated carbocycles. The third-order valence-corrected chi connectivity index (χ3v) is 2.83. The molecular weight excluding hydrogens is 253 g/mol. The summed E-state index contributed by atoms with van der Waals surface area (Å²) in [6.07, 6.45) is 4.80. The van der Waals surface area contributed by atoms with E-state index in [1.165, 1.54) is 12.4 Å². The third-order valence-electron chi connectivity index (χ3n) is 2.60. The predicted octanol–water partition coefficient (Wildman–Crippen LogP) is 2.97. The number of rotatable bonds is 4. The molecule has 0 bridgehead atoms. The maximum absolute atomic E-state index is 13.9. The molecule has 2 aromatic rings. The van der Waals surface area contributed by atoms with Crippen LogP contribution in [0.15, 0.2) is 36.9 Å². The van der Waals surface area contributed by atoms with Crippen LogP contribution in [0.4, 0.5) is 4.39 Å². The quantitative estimate of drug-likeness (QED) is 0.924. The highest BCUT2D eigenvalue weighted by Crippen LogP contribution is 2.25. The van der Waals surface area contributed by atoms with Gasteiger partial charge in [-0.1, -0.05) is 24.6 Å². The molecule has 1 aromatic carbocycles. The number of aromatic nitrogens is 2. The molecule has 0 fully saturated rings. The van der Waals surface area contributed by atoms with Crippen molar-refractivity contribution in [3.63, 3.8) is 0 Å². The fraction of sp³-hybridized carbons (Fsp3) is 0.231. The zero-order valence-corrected chi connectivity index (χ0v) is 10.7. The Hall–Kier alpha value is -1.52. The van der Waals surface area contributed by atoms with E-state index < -0.39 is 0 Å². The molecule has 1 unspecified atom stereocenters. The van der Waals surface area contributed by atoms with E-state index in [9.17, 15) is 4.39 Å². The highest BCUT2D eigenvalue weighted by molar-refractivity contribution is 6.30. The summed E-state index contributed by atoms with van der Waals surface area (Å²) in [5, 5.41) is 3.60. The van der Waals surface area contributed by atoms with Crippen LogP contribution in [-0.2, 0) is 0 Å². The van der Waals surface area contributed by atoms with Crippen molar-refractivity contribution in [1.29, 1.82) is 0 Å². The van der Waals surface area contributed by atoms with Crippen molar-refractivity contribution in [2.24, 2.45) is 0 Å². The van der Waals surface area contributed by atoms with Gasteiger partial charge in [0.2, 0.25) is 0 Å². The fourth-order valence-electron chi connectivity index (χ4n) is 1.81. The first-order valence-corrected chi connectivity index (χ1v) is 6.03. The Morgan fingerprint density at radius 1 is 1.33 bits per heavy atom. The molecule has 5 heteroatoms. The lowest BCUT2D eigenvalue weighted by Crippen LogP contribution is -2.23. The van der Waals surface area contributed by atoms with Gasteiger partial charge in [-0.05, 0) is 18.7 Å². The molecule has 0 amide bonds. The number of hydrogen-bond donors (Lipinski definition) is 1. The normalized spacial score (nSPS) is 12.4. The minimum absolute atomic E-state index is 0.270. The molecule has 1 aromatic heterocycles. The summed E-state index contributed by atoms with van der Waals surface area (Å²) in [5.41, 5.74) is 1.36. The summed E-state index contributed by atoms with van der Waals surface area (Å²) >= 11 is 5.76. The van der Waals surface area contributed by atoms with Crippen LogP contribution in [0.25, 0.3) is 0 Å². The molecule has 0 aliphatic heterocycles. The highest BCUT2D eigenvalue weighted by Gasteiger charge is 2.17. The minimum atomic E-state index is -0.336. The molecule has 0 aliphatic rings. The second kappa shape index (κ2) is 5.89. The zero-order chi connectivity index (χ0) is 13.0. The fourth-order valence-corrected chi connectivity index (χ4v) is 1.97. The zero-order valence-electron chi connectivity index (χ0n) is 9.90. The van der Waals surface area contributed by atoms with E-state index >= 15 is 0 Å². The van der Waals surface area contributed by atoms with Gasteiger partial charge in [-0.15, -0.1) is 0 Å². The van der Waals surface area contributed by atoms with Gasteiger partial charge in [-0.3, -0.25) is 0 Å². The van der Waals surface area contributed by atoms with Crippen molar-refractivity contribution in [2.45, 2.75) is 13.0 Å². The Balaban J connectivity index is 2.41. The number of benzene rings is 1. The van der Waals surface area contributed by atoms with Crippen LogP contribution in [0.3, 0.4) is 0 Å². The van der Waals surface area contributed by atoms with E-state index in [0.717, 1.165) is 5.56 Å². The molecule has 1 heterocycles. The summed E-state index contributed by atoms with van der Waals surface area (Å²) in [6.45, 7) is 2.67. The second-order valence-corrected chi connectivity index (χ2v) is 4.26. The minimum Gasteiger partial charge on any atom is -0.306 e. The van der Waals surface area contributed by atoms with E-state index in [1.54, 1.807) is 24.5 Å². The standard InChI is InChI=1S/C13H13ClFN3/c1-2-18-13(9-6-16-8-17-7-9)11-4-3-10(14)5-12(11)15/h3-8,13,18H,2H2,1H3. The van der Waals surface area contributed by atoms with Crippen molar-refractivity contribution in [3.8, 4) is 0 Å². The number of hydrogen-bond acceptors (Lipinski definition) is 3. The average molecular weight is 266 g/mol. The SMILES string of the molecule is CCNC(c1cncnc1)c1ccc(Cl)cc1F. The summed E-state index contributed by atoms with van der Waals surface area (Å²) < 4.78 is 13.9. The van der Waals surface area contributed by atoms with Crippen molar-refractivity contribution >= 4 is 11.6 Å². The van der Waals surface area contributed by atoms with E-state index in [4.69, 9.17) is 11.6 Å². The van der Waals surface area contributed by atoms with Crippen LogP contribution >= 0.6 is 11.6 Å².